The molecule has 0 atom stereocenters. The molecule has 0 unspecified atom stereocenters. The molecule has 1 aliphatic rings. The number of aryl methyl sites for hydroxylation is 2. The van der Waals surface area contributed by atoms with E-state index in [1.54, 1.807) is 0 Å². The number of fused-ring (bicyclic) bond motifs is 2. The third-order valence-corrected chi connectivity index (χ3v) is 4.84. The van der Waals surface area contributed by atoms with Crippen molar-refractivity contribution in [1.82, 2.24) is 24.7 Å². The summed E-state index contributed by atoms with van der Waals surface area (Å²) >= 11 is 0. The highest BCUT2D eigenvalue weighted by Crippen LogP contribution is 2.37. The summed E-state index contributed by atoms with van der Waals surface area (Å²) < 4.78 is 2.09. The van der Waals surface area contributed by atoms with Crippen molar-refractivity contribution >= 4 is 11.0 Å². The van der Waals surface area contributed by atoms with E-state index in [2.05, 4.69) is 19.6 Å². The number of hydrogen-bond donors (Lipinski definition) is 1. The summed E-state index contributed by atoms with van der Waals surface area (Å²) in [6.45, 7) is 2.92. The van der Waals surface area contributed by atoms with Gasteiger partial charge in [-0.3, -0.25) is 14.5 Å². The Labute approximate surface area is 149 Å². The molecule has 3 aromatic heterocycles. The fraction of sp³-hybridized carbons (Fsp3) is 0.200. The van der Waals surface area contributed by atoms with Crippen molar-refractivity contribution < 1.29 is 0 Å². The number of aromatic amines is 1. The number of hydrogen-bond acceptors (Lipinski definition) is 4. The number of benzene rings is 1. The van der Waals surface area contributed by atoms with E-state index >= 15 is 0 Å². The minimum absolute atomic E-state index is 0.199. The molecular weight excluding hydrogens is 326 g/mol. The fourth-order valence-corrected chi connectivity index (χ4v) is 3.69. The number of nitrogens with one attached hydrogen (secondary N) is 1. The van der Waals surface area contributed by atoms with Gasteiger partial charge in [0.1, 0.15) is 5.69 Å². The van der Waals surface area contributed by atoms with Gasteiger partial charge in [-0.25, -0.2) is 4.98 Å². The van der Waals surface area contributed by atoms with Gasteiger partial charge < -0.3 is 4.98 Å². The van der Waals surface area contributed by atoms with Crippen molar-refractivity contribution in [1.29, 1.82) is 0 Å². The quantitative estimate of drug-likeness (QED) is 0.607. The minimum Gasteiger partial charge on any atom is -0.319 e. The van der Waals surface area contributed by atoms with E-state index in [0.717, 1.165) is 58.6 Å². The van der Waals surface area contributed by atoms with Gasteiger partial charge in [0.15, 0.2) is 0 Å². The SMILES string of the molecule is Cc1cccc(-c2nn3c(c2-c2ccc4ncc(=O)[nH]c4c2)CCC3)n1. The van der Waals surface area contributed by atoms with Crippen LogP contribution in [0.3, 0.4) is 0 Å². The molecule has 0 fully saturated rings. The van der Waals surface area contributed by atoms with Crippen LogP contribution in [0.5, 0.6) is 0 Å². The second-order valence-corrected chi connectivity index (χ2v) is 6.64. The largest absolute Gasteiger partial charge is 0.319 e. The van der Waals surface area contributed by atoms with Gasteiger partial charge in [0.05, 0.1) is 22.9 Å². The maximum Gasteiger partial charge on any atom is 0.266 e. The molecule has 0 spiro atoms. The fourth-order valence-electron chi connectivity index (χ4n) is 3.69. The lowest BCUT2D eigenvalue weighted by atomic mass is 9.99. The van der Waals surface area contributed by atoms with Crippen molar-refractivity contribution in [3.05, 3.63) is 64.3 Å². The van der Waals surface area contributed by atoms with Crippen molar-refractivity contribution in [2.24, 2.45) is 0 Å². The molecule has 0 aliphatic carbocycles. The zero-order valence-corrected chi connectivity index (χ0v) is 14.4. The van der Waals surface area contributed by atoms with E-state index in [0.29, 0.717) is 0 Å². The van der Waals surface area contributed by atoms with Crippen LogP contribution in [0.1, 0.15) is 17.8 Å². The number of aromatic nitrogens is 5. The predicted octanol–water partition coefficient (Wildman–Crippen LogP) is 3.10. The minimum atomic E-state index is -0.199. The highest BCUT2D eigenvalue weighted by Gasteiger charge is 2.24. The smallest absolute Gasteiger partial charge is 0.266 e. The summed E-state index contributed by atoms with van der Waals surface area (Å²) in [5.74, 6) is 0. The average molecular weight is 343 g/mol. The maximum absolute atomic E-state index is 11.6. The third-order valence-electron chi connectivity index (χ3n) is 4.84. The highest BCUT2D eigenvalue weighted by atomic mass is 16.1. The zero-order valence-electron chi connectivity index (χ0n) is 14.4. The van der Waals surface area contributed by atoms with Crippen molar-refractivity contribution in [3.8, 4) is 22.5 Å². The van der Waals surface area contributed by atoms with Crippen LogP contribution in [0, 0.1) is 6.92 Å². The summed E-state index contributed by atoms with van der Waals surface area (Å²) in [6.07, 6.45) is 3.40. The van der Waals surface area contributed by atoms with Crippen LogP contribution in [0.25, 0.3) is 33.5 Å². The molecule has 6 heteroatoms. The van der Waals surface area contributed by atoms with Crippen LogP contribution < -0.4 is 5.56 Å². The number of nitrogens with zero attached hydrogens (tertiary/aromatic N) is 4. The molecule has 4 aromatic rings. The predicted molar refractivity (Wildman–Crippen MR) is 99.9 cm³/mol. The van der Waals surface area contributed by atoms with Gasteiger partial charge in [-0.2, -0.15) is 5.10 Å². The maximum atomic E-state index is 11.6. The monoisotopic (exact) mass is 343 g/mol. The topological polar surface area (TPSA) is 76.5 Å². The molecule has 26 heavy (non-hydrogen) atoms. The molecule has 1 aromatic carbocycles. The molecular formula is C20H17N5O. The Kier molecular flexibility index (Phi) is 3.25. The second kappa shape index (κ2) is 5.62. The van der Waals surface area contributed by atoms with Gasteiger partial charge in [-0.1, -0.05) is 12.1 Å². The normalized spacial score (nSPS) is 13.3. The lowest BCUT2D eigenvalue weighted by molar-refractivity contribution is 0.658. The Hall–Kier alpha value is -3.28. The van der Waals surface area contributed by atoms with Crippen LogP contribution in [0.2, 0.25) is 0 Å². The van der Waals surface area contributed by atoms with Gasteiger partial charge in [-0.15, -0.1) is 0 Å². The molecule has 128 valence electrons. The summed E-state index contributed by atoms with van der Waals surface area (Å²) in [4.78, 5) is 23.4. The molecule has 0 radical (unpaired) electrons. The Morgan fingerprint density at radius 3 is 3.00 bits per heavy atom. The van der Waals surface area contributed by atoms with Gasteiger partial charge >= 0.3 is 0 Å². The van der Waals surface area contributed by atoms with Crippen LogP contribution in [-0.4, -0.2) is 24.7 Å². The number of H-pyrrole nitrogens is 1. The third kappa shape index (κ3) is 2.34. The first-order chi connectivity index (χ1) is 12.7. The van der Waals surface area contributed by atoms with E-state index in [-0.39, 0.29) is 5.56 Å². The summed E-state index contributed by atoms with van der Waals surface area (Å²) in [6, 6.07) is 12.0. The molecule has 0 bridgehead atoms. The van der Waals surface area contributed by atoms with Crippen LogP contribution >= 0.6 is 0 Å². The van der Waals surface area contributed by atoms with E-state index in [4.69, 9.17) is 5.10 Å². The summed E-state index contributed by atoms with van der Waals surface area (Å²) in [7, 11) is 0. The molecule has 0 saturated heterocycles. The molecule has 0 amide bonds. The number of pyridine rings is 1. The van der Waals surface area contributed by atoms with Crippen LogP contribution in [-0.2, 0) is 13.0 Å². The van der Waals surface area contributed by atoms with Gasteiger partial charge in [-0.05, 0) is 49.6 Å². The lowest BCUT2D eigenvalue weighted by Gasteiger charge is -2.07. The van der Waals surface area contributed by atoms with Crippen molar-refractivity contribution in [2.75, 3.05) is 0 Å². The lowest BCUT2D eigenvalue weighted by Crippen LogP contribution is -2.04. The van der Waals surface area contributed by atoms with E-state index in [1.807, 2.05) is 43.3 Å². The molecule has 4 heterocycles. The van der Waals surface area contributed by atoms with E-state index in [1.165, 1.54) is 11.9 Å². The molecule has 1 N–H and O–H groups in total. The van der Waals surface area contributed by atoms with Crippen molar-refractivity contribution in [3.63, 3.8) is 0 Å². The molecule has 1 aliphatic heterocycles. The first kappa shape index (κ1) is 15.0. The Morgan fingerprint density at radius 2 is 2.12 bits per heavy atom. The number of rotatable bonds is 2. The first-order valence-corrected chi connectivity index (χ1v) is 8.72. The van der Waals surface area contributed by atoms with E-state index < -0.39 is 0 Å². The zero-order chi connectivity index (χ0) is 17.7. The summed E-state index contributed by atoms with van der Waals surface area (Å²) in [5, 5.41) is 4.84. The average Bonchev–Trinajstić information content (AvgIpc) is 3.22. The van der Waals surface area contributed by atoms with Crippen LogP contribution in [0.4, 0.5) is 0 Å². The standard InChI is InChI=1S/C20H17N5O/c1-12-4-2-5-15(22-12)20-19(17-6-3-9-25(17)24-20)13-7-8-14-16(10-13)23-18(26)11-21-14/h2,4-5,7-8,10-11H,3,6,9H2,1H3,(H,23,26). The Balaban J connectivity index is 1.77. The van der Waals surface area contributed by atoms with E-state index in [9.17, 15) is 4.79 Å². The second-order valence-electron chi connectivity index (χ2n) is 6.64. The molecule has 6 nitrogen and oxygen atoms in total. The van der Waals surface area contributed by atoms with Crippen LogP contribution in [0.15, 0.2) is 47.4 Å². The Bertz CT molecular complexity index is 1200. The molecule has 5 rings (SSSR count). The van der Waals surface area contributed by atoms with Gasteiger partial charge in [0.25, 0.3) is 5.56 Å². The first-order valence-electron chi connectivity index (χ1n) is 8.72. The van der Waals surface area contributed by atoms with Gasteiger partial charge in [0, 0.05) is 23.5 Å². The van der Waals surface area contributed by atoms with Crippen molar-refractivity contribution in [2.45, 2.75) is 26.3 Å². The summed E-state index contributed by atoms with van der Waals surface area (Å²) in [5.41, 5.74) is 7.41. The van der Waals surface area contributed by atoms with Gasteiger partial charge in [0.2, 0.25) is 0 Å². The Morgan fingerprint density at radius 1 is 1.19 bits per heavy atom. The highest BCUT2D eigenvalue weighted by molar-refractivity contribution is 5.87. The molecule has 0 saturated carbocycles.